The molecule has 0 aromatic rings. The quantitative estimate of drug-likeness (QED) is 0.268. The Morgan fingerprint density at radius 1 is 1.83 bits per heavy atom. The Morgan fingerprint density at radius 2 is 2.50 bits per heavy atom. The van der Waals surface area contributed by atoms with Gasteiger partial charge in [-0.1, -0.05) is 6.08 Å². The normalized spacial score (nSPS) is 5.33. The van der Waals surface area contributed by atoms with Crippen molar-refractivity contribution in [1.29, 1.82) is 0 Å². The van der Waals surface area contributed by atoms with Gasteiger partial charge in [-0.25, -0.2) is 0 Å². The lowest BCUT2D eigenvalue weighted by atomic mass is 10.4. The smallest absolute Gasteiger partial charge is 0.100 e. The first kappa shape index (κ1) is 5.17. The molecule has 0 fully saturated rings. The molecule has 0 aliphatic carbocycles. The molecular weight excluding hydrogens is 72.1 g/mol. The van der Waals surface area contributed by atoms with Crippen molar-refractivity contribution in [2.45, 2.75) is 6.42 Å². The molecule has 0 aromatic heterocycles. The van der Waals surface area contributed by atoms with E-state index in [1.54, 1.807) is 6.08 Å². The maximum absolute atomic E-state index is 3.47. The van der Waals surface area contributed by atoms with Gasteiger partial charge in [-0.15, -0.1) is 6.58 Å². The molecule has 0 bridgehead atoms. The molecule has 0 heteroatoms. The Labute approximate surface area is 38.5 Å². The van der Waals surface area contributed by atoms with Crippen molar-refractivity contribution in [3.63, 3.8) is 0 Å². The van der Waals surface area contributed by atoms with Crippen LogP contribution in [-0.4, -0.2) is 0 Å². The van der Waals surface area contributed by atoms with Gasteiger partial charge in [-0.05, 0) is 0 Å². The monoisotopic (exact) mass is 79.1 g/mol. The third-order valence-corrected chi connectivity index (χ3v) is 0.371. The number of hydrogen-bond donors (Lipinski definition) is 0. The van der Waals surface area contributed by atoms with Crippen LogP contribution >= 0.6 is 0 Å². The molecule has 6 heavy (non-hydrogen) atoms. The molecule has 30 valence electrons. The second-order valence-electron chi connectivity index (χ2n) is 0.846. The van der Waals surface area contributed by atoms with E-state index in [1.807, 2.05) is 0 Å². The predicted octanol–water partition coefficient (Wildman–Crippen LogP) is 1.71. The summed E-state index contributed by atoms with van der Waals surface area (Å²) in [6, 6.07) is 0. The van der Waals surface area contributed by atoms with Gasteiger partial charge in [-0.3, -0.25) is 0 Å². The number of hydrogen-bond acceptors (Lipinski definition) is 0. The molecule has 0 saturated heterocycles. The summed E-state index contributed by atoms with van der Waals surface area (Å²) in [4.78, 5) is 0. The first-order valence-corrected chi connectivity index (χ1v) is 1.77. The Kier molecular flexibility index (Phi) is 3.59. The van der Waals surface area contributed by atoms with Crippen molar-refractivity contribution in [3.8, 4) is 0 Å². The van der Waals surface area contributed by atoms with Crippen molar-refractivity contribution in [2.75, 3.05) is 0 Å². The summed E-state index contributed by atoms with van der Waals surface area (Å²) in [5.41, 5.74) is 2.50. The molecule has 0 heterocycles. The minimum absolute atomic E-state index is 0.753. The topological polar surface area (TPSA) is 0 Å². The first-order chi connectivity index (χ1) is 2.91. The second kappa shape index (κ2) is 4.17. The first-order valence-electron chi connectivity index (χ1n) is 1.77. The largest absolute Gasteiger partial charge is 0.136 e. The lowest BCUT2D eigenvalue weighted by molar-refractivity contribution is 1.36. The SMILES string of the molecule is C=C=[C+]CC=C. The third-order valence-electron chi connectivity index (χ3n) is 0.371. The predicted molar refractivity (Wildman–Crippen MR) is 27.2 cm³/mol. The number of rotatable bonds is 2. The minimum Gasteiger partial charge on any atom is -0.100 e. The highest BCUT2D eigenvalue weighted by Crippen LogP contribution is 1.74. The van der Waals surface area contributed by atoms with Gasteiger partial charge in [0.25, 0.3) is 0 Å². The fourth-order valence-electron chi connectivity index (χ4n) is 0.144. The van der Waals surface area contributed by atoms with Crippen LogP contribution in [0.3, 0.4) is 0 Å². The van der Waals surface area contributed by atoms with Crippen LogP contribution in [0, 0.1) is 6.08 Å². The summed E-state index contributed by atoms with van der Waals surface area (Å²) < 4.78 is 0. The Balaban J connectivity index is 3.07. The number of allylic oxidation sites excluding steroid dienone is 2. The molecule has 0 amide bonds. The summed E-state index contributed by atoms with van der Waals surface area (Å²) in [5, 5.41) is 0. The Bertz CT molecular complexity index is 74.0. The highest BCUT2D eigenvalue weighted by Gasteiger charge is 1.68. The molecular formula is C6H7+. The second-order valence-corrected chi connectivity index (χ2v) is 0.846. The average Bonchev–Trinajstić information content (AvgIpc) is 1.61. The van der Waals surface area contributed by atoms with Crippen LogP contribution in [0.1, 0.15) is 6.42 Å². The van der Waals surface area contributed by atoms with Crippen molar-refractivity contribution >= 4 is 0 Å². The van der Waals surface area contributed by atoms with Crippen molar-refractivity contribution in [3.05, 3.63) is 31.0 Å². The van der Waals surface area contributed by atoms with Gasteiger partial charge >= 0.3 is 0 Å². The standard InChI is InChI=1S/C6H7/c1-3-5-6-4-2/h3H,1-2,5H2/q+1. The molecule has 0 rings (SSSR count). The van der Waals surface area contributed by atoms with Gasteiger partial charge in [0.15, 0.2) is 0 Å². The van der Waals surface area contributed by atoms with Crippen LogP contribution in [-0.2, 0) is 0 Å². The molecule has 0 aliphatic heterocycles. The molecule has 0 spiro atoms. The zero-order valence-corrected chi connectivity index (χ0v) is 3.70. The van der Waals surface area contributed by atoms with Gasteiger partial charge in [0.1, 0.15) is 18.2 Å². The van der Waals surface area contributed by atoms with Crippen LogP contribution < -0.4 is 0 Å². The van der Waals surface area contributed by atoms with E-state index >= 15 is 0 Å². The van der Waals surface area contributed by atoms with E-state index in [1.165, 1.54) is 0 Å². The van der Waals surface area contributed by atoms with Gasteiger partial charge < -0.3 is 0 Å². The van der Waals surface area contributed by atoms with E-state index in [-0.39, 0.29) is 0 Å². The van der Waals surface area contributed by atoms with Crippen LogP contribution in [0.5, 0.6) is 0 Å². The molecule has 0 nitrogen and oxygen atoms in total. The van der Waals surface area contributed by atoms with Gasteiger partial charge in [-0.2, -0.15) is 0 Å². The molecule has 0 aliphatic rings. The summed E-state index contributed by atoms with van der Waals surface area (Å²) >= 11 is 0. The molecule has 0 aromatic carbocycles. The maximum Gasteiger partial charge on any atom is 0.136 e. The van der Waals surface area contributed by atoms with Crippen LogP contribution in [0.2, 0.25) is 0 Å². The average molecular weight is 79.1 g/mol. The fourth-order valence-corrected chi connectivity index (χ4v) is 0.144. The van der Waals surface area contributed by atoms with Crippen LogP contribution in [0.15, 0.2) is 25.0 Å². The highest BCUT2D eigenvalue weighted by atomic mass is 13.6. The van der Waals surface area contributed by atoms with Crippen molar-refractivity contribution < 1.29 is 0 Å². The molecule has 0 saturated carbocycles. The molecule has 0 radical (unpaired) electrons. The zero-order valence-electron chi connectivity index (χ0n) is 3.70. The molecule has 0 unspecified atom stereocenters. The van der Waals surface area contributed by atoms with Crippen molar-refractivity contribution in [2.24, 2.45) is 0 Å². The maximum atomic E-state index is 3.47. The summed E-state index contributed by atoms with van der Waals surface area (Å²) in [6.07, 6.45) is 5.22. The van der Waals surface area contributed by atoms with Crippen LogP contribution in [0.25, 0.3) is 0 Å². The summed E-state index contributed by atoms with van der Waals surface area (Å²) in [5.74, 6) is 0. The van der Waals surface area contributed by atoms with Crippen molar-refractivity contribution in [1.82, 2.24) is 0 Å². The Hall–Kier alpha value is -0.830. The van der Waals surface area contributed by atoms with E-state index < -0.39 is 0 Å². The van der Waals surface area contributed by atoms with E-state index in [2.05, 4.69) is 25.0 Å². The Morgan fingerprint density at radius 3 is 2.67 bits per heavy atom. The summed E-state index contributed by atoms with van der Waals surface area (Å²) in [6.45, 7) is 6.78. The van der Waals surface area contributed by atoms with E-state index in [4.69, 9.17) is 0 Å². The lowest BCUT2D eigenvalue weighted by Crippen LogP contribution is -1.47. The minimum atomic E-state index is 0.753. The van der Waals surface area contributed by atoms with E-state index in [0.717, 1.165) is 6.42 Å². The third kappa shape index (κ3) is 3.17. The zero-order chi connectivity index (χ0) is 4.83. The van der Waals surface area contributed by atoms with Gasteiger partial charge in [0.05, 0.1) is 6.58 Å². The molecule has 0 atom stereocenters. The van der Waals surface area contributed by atoms with Crippen LogP contribution in [0.4, 0.5) is 0 Å². The highest BCUT2D eigenvalue weighted by molar-refractivity contribution is 4.76. The van der Waals surface area contributed by atoms with Gasteiger partial charge in [0.2, 0.25) is 0 Å². The van der Waals surface area contributed by atoms with E-state index in [0.29, 0.717) is 0 Å². The van der Waals surface area contributed by atoms with E-state index in [9.17, 15) is 0 Å². The summed E-state index contributed by atoms with van der Waals surface area (Å²) in [7, 11) is 0. The lowest BCUT2D eigenvalue weighted by Gasteiger charge is -1.54. The van der Waals surface area contributed by atoms with Gasteiger partial charge in [0, 0.05) is 0 Å². The molecule has 0 N–H and O–H groups in total. The fraction of sp³-hybridized carbons (Fsp3) is 0.167.